The highest BCUT2D eigenvalue weighted by Crippen LogP contribution is 2.22. The van der Waals surface area contributed by atoms with Crippen LogP contribution < -0.4 is 0 Å². The Bertz CT molecular complexity index is 1270. The van der Waals surface area contributed by atoms with Crippen LogP contribution in [0.3, 0.4) is 0 Å². The Morgan fingerprint density at radius 3 is 2.61 bits per heavy atom. The number of carbonyl (C=O) groups excluding carboxylic acids is 1. The van der Waals surface area contributed by atoms with Gasteiger partial charge in [-0.3, -0.25) is 9.58 Å². The van der Waals surface area contributed by atoms with Crippen molar-refractivity contribution < 1.29 is 17.9 Å². The Kier molecular flexibility index (Phi) is 5.73. The number of aromatic nitrogens is 2. The fourth-order valence-corrected chi connectivity index (χ4v) is 5.23. The van der Waals surface area contributed by atoms with Crippen molar-refractivity contribution in [3.8, 4) is 6.07 Å². The number of methoxy groups -OCH3 is 1. The molecule has 0 amide bonds. The van der Waals surface area contributed by atoms with Crippen LogP contribution in [0.25, 0.3) is 10.9 Å². The molecule has 0 radical (unpaired) electrons. The quantitative estimate of drug-likeness (QED) is 0.556. The summed E-state index contributed by atoms with van der Waals surface area (Å²) in [5.74, 6) is -0.398. The number of fused-ring (bicyclic) bond motifs is 1. The Labute approximate surface area is 180 Å². The number of benzene rings is 2. The van der Waals surface area contributed by atoms with E-state index in [0.29, 0.717) is 38.4 Å². The molecule has 0 atom stereocenters. The molecule has 0 saturated carbocycles. The number of nitriles is 1. The van der Waals surface area contributed by atoms with E-state index < -0.39 is 16.0 Å². The monoisotopic (exact) mass is 439 g/mol. The van der Waals surface area contributed by atoms with Gasteiger partial charge in [-0.2, -0.15) is 14.7 Å². The van der Waals surface area contributed by atoms with E-state index in [4.69, 9.17) is 4.74 Å². The molecule has 0 N–H and O–H groups in total. The van der Waals surface area contributed by atoms with Gasteiger partial charge in [-0.1, -0.05) is 12.1 Å². The highest BCUT2D eigenvalue weighted by Gasteiger charge is 2.30. The number of hydrogen-bond donors (Lipinski definition) is 0. The lowest BCUT2D eigenvalue weighted by atomic mass is 10.1. The Balaban J connectivity index is 1.45. The van der Waals surface area contributed by atoms with E-state index in [1.807, 2.05) is 16.8 Å². The average molecular weight is 439 g/mol. The normalized spacial score (nSPS) is 15.6. The minimum atomic E-state index is -3.72. The van der Waals surface area contributed by atoms with Crippen molar-refractivity contribution in [3.63, 3.8) is 0 Å². The van der Waals surface area contributed by atoms with Crippen molar-refractivity contribution in [3.05, 3.63) is 59.8 Å². The maximum Gasteiger partial charge on any atom is 0.337 e. The zero-order chi connectivity index (χ0) is 22.0. The van der Waals surface area contributed by atoms with Crippen LogP contribution in [-0.4, -0.2) is 66.7 Å². The van der Waals surface area contributed by atoms with E-state index >= 15 is 0 Å². The zero-order valence-corrected chi connectivity index (χ0v) is 17.7. The summed E-state index contributed by atoms with van der Waals surface area (Å²) in [6.07, 6.45) is 1.70. The molecule has 0 bridgehead atoms. The summed E-state index contributed by atoms with van der Waals surface area (Å²) in [6.45, 7) is 2.23. The summed E-state index contributed by atoms with van der Waals surface area (Å²) in [7, 11) is -2.38. The van der Waals surface area contributed by atoms with Crippen LogP contribution in [0.5, 0.6) is 0 Å². The lowest BCUT2D eigenvalue weighted by Gasteiger charge is -2.34. The topological polar surface area (TPSA) is 109 Å². The smallest absolute Gasteiger partial charge is 0.337 e. The number of ether oxygens (including phenoxy) is 1. The fourth-order valence-electron chi connectivity index (χ4n) is 3.67. The molecule has 2 aromatic carbocycles. The third kappa shape index (κ3) is 4.03. The molecule has 1 saturated heterocycles. The van der Waals surface area contributed by atoms with Gasteiger partial charge in [0.1, 0.15) is 6.07 Å². The van der Waals surface area contributed by atoms with Crippen LogP contribution in [0.2, 0.25) is 0 Å². The maximum atomic E-state index is 13.0. The summed E-state index contributed by atoms with van der Waals surface area (Å²) in [5, 5.41) is 14.5. The number of hydrogen-bond acceptors (Lipinski definition) is 7. The molecule has 0 unspecified atom stereocenters. The van der Waals surface area contributed by atoms with Crippen LogP contribution in [0.15, 0.2) is 53.6 Å². The number of sulfonamides is 1. The Hall–Kier alpha value is -3.26. The summed E-state index contributed by atoms with van der Waals surface area (Å²) >= 11 is 0. The van der Waals surface area contributed by atoms with Crippen LogP contribution in [-0.2, 0) is 21.4 Å². The molecule has 160 valence electrons. The van der Waals surface area contributed by atoms with E-state index in [1.54, 1.807) is 30.5 Å². The zero-order valence-electron chi connectivity index (χ0n) is 16.9. The molecule has 3 aromatic rings. The van der Waals surface area contributed by atoms with E-state index in [0.717, 1.165) is 10.9 Å². The van der Waals surface area contributed by atoms with Gasteiger partial charge in [0.15, 0.2) is 0 Å². The Morgan fingerprint density at radius 1 is 1.16 bits per heavy atom. The lowest BCUT2D eigenvalue weighted by Crippen LogP contribution is -2.49. The molecule has 9 nitrogen and oxygen atoms in total. The lowest BCUT2D eigenvalue weighted by molar-refractivity contribution is 0.0601. The highest BCUT2D eigenvalue weighted by molar-refractivity contribution is 7.89. The molecular weight excluding hydrogens is 418 g/mol. The minimum Gasteiger partial charge on any atom is -0.465 e. The van der Waals surface area contributed by atoms with Gasteiger partial charge in [0.25, 0.3) is 0 Å². The van der Waals surface area contributed by atoms with E-state index in [2.05, 4.69) is 10.00 Å². The molecule has 1 aromatic heterocycles. The van der Waals surface area contributed by atoms with Crippen LogP contribution in [0.4, 0.5) is 0 Å². The van der Waals surface area contributed by atoms with Gasteiger partial charge >= 0.3 is 5.97 Å². The predicted octanol–water partition coefficient (Wildman–Crippen LogP) is 1.66. The number of nitrogens with zero attached hydrogens (tertiary/aromatic N) is 5. The second kappa shape index (κ2) is 8.47. The number of rotatable bonds is 5. The van der Waals surface area contributed by atoms with E-state index in [1.165, 1.54) is 23.5 Å². The second-order valence-electron chi connectivity index (χ2n) is 7.18. The molecule has 0 aliphatic carbocycles. The van der Waals surface area contributed by atoms with Gasteiger partial charge < -0.3 is 4.74 Å². The molecule has 31 heavy (non-hydrogen) atoms. The third-order valence-electron chi connectivity index (χ3n) is 5.35. The predicted molar refractivity (Wildman–Crippen MR) is 113 cm³/mol. The average Bonchev–Trinajstić information content (AvgIpc) is 3.20. The Morgan fingerprint density at radius 2 is 1.90 bits per heavy atom. The van der Waals surface area contributed by atoms with Gasteiger partial charge in [0, 0.05) is 31.6 Å². The summed E-state index contributed by atoms with van der Waals surface area (Å²) in [5.41, 5.74) is 1.50. The van der Waals surface area contributed by atoms with Crippen molar-refractivity contribution in [2.45, 2.75) is 11.6 Å². The maximum absolute atomic E-state index is 13.0. The van der Waals surface area contributed by atoms with Gasteiger partial charge in [-0.05, 0) is 30.3 Å². The van der Waals surface area contributed by atoms with Gasteiger partial charge in [-0.15, -0.1) is 0 Å². The molecule has 10 heteroatoms. The molecule has 4 rings (SSSR count). The van der Waals surface area contributed by atoms with Gasteiger partial charge in [0.05, 0.1) is 41.5 Å². The molecule has 1 fully saturated rings. The first-order valence-corrected chi connectivity index (χ1v) is 11.1. The van der Waals surface area contributed by atoms with Gasteiger partial charge in [-0.25, -0.2) is 13.2 Å². The highest BCUT2D eigenvalue weighted by atomic mass is 32.2. The minimum absolute atomic E-state index is 0.0467. The largest absolute Gasteiger partial charge is 0.465 e. The van der Waals surface area contributed by atoms with Gasteiger partial charge in [0.2, 0.25) is 10.0 Å². The van der Waals surface area contributed by atoms with E-state index in [-0.39, 0.29) is 10.5 Å². The third-order valence-corrected chi connectivity index (χ3v) is 7.31. The first kappa shape index (κ1) is 21.0. The SMILES string of the molecule is COC(=O)c1ccc2c(cnn2CN2CCN(S(=O)(=O)c3ccccc3C#N)CC2)c1. The molecule has 2 heterocycles. The van der Waals surface area contributed by atoms with Crippen LogP contribution >= 0.6 is 0 Å². The van der Waals surface area contributed by atoms with Crippen LogP contribution in [0, 0.1) is 11.3 Å². The summed E-state index contributed by atoms with van der Waals surface area (Å²) in [4.78, 5) is 13.9. The number of piperazine rings is 1. The molecule has 1 aliphatic heterocycles. The fraction of sp³-hybridized carbons (Fsp3) is 0.286. The first-order valence-electron chi connectivity index (χ1n) is 9.69. The summed E-state index contributed by atoms with van der Waals surface area (Å²) in [6, 6.07) is 13.5. The van der Waals surface area contributed by atoms with Crippen molar-refractivity contribution in [1.82, 2.24) is 19.0 Å². The van der Waals surface area contributed by atoms with E-state index in [9.17, 15) is 18.5 Å². The van der Waals surface area contributed by atoms with Crippen molar-refractivity contribution in [1.29, 1.82) is 5.26 Å². The number of esters is 1. The number of carbonyl (C=O) groups is 1. The first-order chi connectivity index (χ1) is 14.9. The second-order valence-corrected chi connectivity index (χ2v) is 9.09. The van der Waals surface area contributed by atoms with Crippen LogP contribution in [0.1, 0.15) is 15.9 Å². The molecule has 0 spiro atoms. The molecular formula is C21H21N5O4S. The van der Waals surface area contributed by atoms with Crippen molar-refractivity contribution >= 4 is 26.9 Å². The standard InChI is InChI=1S/C21H21N5O4S/c1-30-21(27)16-6-7-19-18(12-16)14-23-26(19)15-24-8-10-25(11-9-24)31(28,29)20-5-3-2-4-17(20)13-22/h2-7,12,14H,8-11,15H2,1H3. The van der Waals surface area contributed by atoms with Crippen molar-refractivity contribution in [2.75, 3.05) is 33.3 Å². The molecule has 1 aliphatic rings. The summed E-state index contributed by atoms with van der Waals surface area (Å²) < 4.78 is 34.0. The van der Waals surface area contributed by atoms with Crippen molar-refractivity contribution in [2.24, 2.45) is 0 Å².